The Morgan fingerprint density at radius 1 is 1.03 bits per heavy atom. The Bertz CT molecular complexity index is 988. The highest BCUT2D eigenvalue weighted by Crippen LogP contribution is 2.38. The van der Waals surface area contributed by atoms with E-state index in [1.165, 1.54) is 6.08 Å². The topological polar surface area (TPSA) is 52.6 Å². The largest absolute Gasteiger partial charge is 0.474 e. The highest BCUT2D eigenvalue weighted by atomic mass is 79.9. The number of esters is 1. The maximum Gasteiger partial charge on any atom is 0.350 e. The van der Waals surface area contributed by atoms with Crippen LogP contribution in [-0.4, -0.2) is 29.2 Å². The summed E-state index contributed by atoms with van der Waals surface area (Å²) in [6.07, 6.45) is 5.98. The zero-order chi connectivity index (χ0) is 24.1. The van der Waals surface area contributed by atoms with E-state index in [0.29, 0.717) is 26.7 Å². The highest BCUT2D eigenvalue weighted by molar-refractivity contribution is 9.11. The molecule has 172 valence electrons. The van der Waals surface area contributed by atoms with E-state index in [2.05, 4.69) is 31.9 Å². The van der Waals surface area contributed by atoms with Gasteiger partial charge in [-0.3, -0.25) is 4.79 Å². The average Bonchev–Trinajstić information content (AvgIpc) is 2.74. The van der Waals surface area contributed by atoms with Crippen molar-refractivity contribution in [2.45, 2.75) is 57.1 Å². The molecule has 0 aliphatic rings. The van der Waals surface area contributed by atoms with Crippen LogP contribution in [0, 0.1) is 0 Å². The minimum Gasteiger partial charge on any atom is -0.474 e. The predicted molar refractivity (Wildman–Crippen MR) is 139 cm³/mol. The van der Waals surface area contributed by atoms with Crippen LogP contribution in [0.2, 0.25) is 0 Å². The Hall–Kier alpha value is -1.57. The molecule has 0 saturated heterocycles. The lowest BCUT2D eigenvalue weighted by Gasteiger charge is -2.31. The van der Waals surface area contributed by atoms with Gasteiger partial charge in [0.05, 0.1) is 8.95 Å². The van der Waals surface area contributed by atoms with E-state index in [1.807, 2.05) is 63.4 Å². The molecule has 0 saturated carbocycles. The lowest BCUT2D eigenvalue weighted by molar-refractivity contribution is -0.172. The molecule has 2 aromatic rings. The summed E-state index contributed by atoms with van der Waals surface area (Å²) >= 11 is 8.66. The number of hydrogen-bond donors (Lipinski definition) is 0. The van der Waals surface area contributed by atoms with Gasteiger partial charge in [-0.2, -0.15) is 0 Å². The Kier molecular flexibility index (Phi) is 9.20. The first-order chi connectivity index (χ1) is 14.9. The van der Waals surface area contributed by atoms with E-state index in [0.717, 1.165) is 10.5 Å². The molecule has 4 nitrogen and oxygen atoms in total. The smallest absolute Gasteiger partial charge is 0.350 e. The number of halogens is 2. The van der Waals surface area contributed by atoms with Crippen LogP contribution in [-0.2, 0) is 9.53 Å². The van der Waals surface area contributed by atoms with Crippen LogP contribution in [0.15, 0.2) is 56.3 Å². The first-order valence-corrected chi connectivity index (χ1v) is 13.0. The molecule has 0 bridgehead atoms. The molecule has 2 aromatic carbocycles. The fourth-order valence-electron chi connectivity index (χ4n) is 2.54. The number of ether oxygens (including phenoxy) is 2. The summed E-state index contributed by atoms with van der Waals surface area (Å²) in [6, 6.07) is 11.2. The van der Waals surface area contributed by atoms with Gasteiger partial charge in [0.15, 0.2) is 11.4 Å². The number of carbonyl (C=O) groups excluding carboxylic acids is 2. The van der Waals surface area contributed by atoms with Gasteiger partial charge in [-0.1, -0.05) is 13.0 Å². The molecule has 0 aliphatic heterocycles. The number of hydrogen-bond acceptors (Lipinski definition) is 5. The fourth-order valence-corrected chi connectivity index (χ4v) is 4.33. The zero-order valence-electron chi connectivity index (χ0n) is 19.1. The van der Waals surface area contributed by atoms with Crippen LogP contribution in [0.5, 0.6) is 5.75 Å². The molecule has 0 spiro atoms. The average molecular weight is 584 g/mol. The van der Waals surface area contributed by atoms with Crippen molar-refractivity contribution in [3.05, 3.63) is 62.5 Å². The minimum absolute atomic E-state index is 0.0763. The number of thioether (sulfide) groups is 1. The van der Waals surface area contributed by atoms with Crippen molar-refractivity contribution >= 4 is 61.5 Å². The molecular formula is C25H28Br2O4S. The normalized spacial score (nSPS) is 12.1. The van der Waals surface area contributed by atoms with Gasteiger partial charge in [0, 0.05) is 10.5 Å². The van der Waals surface area contributed by atoms with E-state index in [4.69, 9.17) is 9.47 Å². The molecule has 0 heterocycles. The summed E-state index contributed by atoms with van der Waals surface area (Å²) in [5, 5.41) is 0. The van der Waals surface area contributed by atoms with Gasteiger partial charge >= 0.3 is 5.97 Å². The zero-order valence-corrected chi connectivity index (χ0v) is 23.1. The number of allylic oxidation sites excluding steroid dienone is 1. The summed E-state index contributed by atoms with van der Waals surface area (Å²) in [7, 11) is 0. The lowest BCUT2D eigenvalue weighted by Crippen LogP contribution is -2.44. The Morgan fingerprint density at radius 3 is 2.09 bits per heavy atom. The number of benzene rings is 2. The Morgan fingerprint density at radius 2 is 1.59 bits per heavy atom. The second-order valence-corrected chi connectivity index (χ2v) is 10.9. The third kappa shape index (κ3) is 7.22. The molecule has 0 aromatic heterocycles. The molecule has 7 heteroatoms. The van der Waals surface area contributed by atoms with Gasteiger partial charge < -0.3 is 9.47 Å². The van der Waals surface area contributed by atoms with E-state index < -0.39 is 17.2 Å². The molecule has 32 heavy (non-hydrogen) atoms. The monoisotopic (exact) mass is 582 g/mol. The third-order valence-corrected chi connectivity index (χ3v) is 6.81. The van der Waals surface area contributed by atoms with Crippen LogP contribution >= 0.6 is 43.6 Å². The molecule has 0 amide bonds. The summed E-state index contributed by atoms with van der Waals surface area (Å²) in [6.45, 7) is 9.05. The Balaban J connectivity index is 2.17. The molecule has 0 fully saturated rings. The van der Waals surface area contributed by atoms with E-state index in [9.17, 15) is 9.59 Å². The summed E-state index contributed by atoms with van der Waals surface area (Å²) < 4.78 is 12.9. The van der Waals surface area contributed by atoms with Gasteiger partial charge in [-0.05, 0) is 120 Å². The predicted octanol–water partition coefficient (Wildman–Crippen LogP) is 7.72. The molecule has 0 radical (unpaired) electrons. The third-order valence-electron chi connectivity index (χ3n) is 4.89. The van der Waals surface area contributed by atoms with Crippen molar-refractivity contribution in [2.24, 2.45) is 0 Å². The van der Waals surface area contributed by atoms with Crippen LogP contribution in [0.3, 0.4) is 0 Å². The van der Waals surface area contributed by atoms with E-state index >= 15 is 0 Å². The van der Waals surface area contributed by atoms with Crippen LogP contribution in [0.1, 0.15) is 57.0 Å². The maximum atomic E-state index is 12.7. The van der Waals surface area contributed by atoms with E-state index in [1.54, 1.807) is 31.7 Å². The summed E-state index contributed by atoms with van der Waals surface area (Å²) in [4.78, 5) is 26.2. The molecule has 0 aliphatic carbocycles. The highest BCUT2D eigenvalue weighted by Gasteiger charge is 2.36. The first-order valence-electron chi connectivity index (χ1n) is 10.2. The molecule has 0 unspecified atom stereocenters. The maximum absolute atomic E-state index is 12.7. The summed E-state index contributed by atoms with van der Waals surface area (Å²) in [5.41, 5.74) is -0.318. The van der Waals surface area contributed by atoms with Crippen molar-refractivity contribution < 1.29 is 19.1 Å². The van der Waals surface area contributed by atoms with Crippen molar-refractivity contribution in [3.63, 3.8) is 0 Å². The minimum atomic E-state index is -1.19. The summed E-state index contributed by atoms with van der Waals surface area (Å²) in [5.74, 6) is -0.0322. The van der Waals surface area contributed by atoms with Gasteiger partial charge in [0.2, 0.25) is 0 Å². The van der Waals surface area contributed by atoms with Gasteiger partial charge in [0.25, 0.3) is 0 Å². The van der Waals surface area contributed by atoms with Crippen LogP contribution in [0.4, 0.5) is 0 Å². The number of ketones is 1. The van der Waals surface area contributed by atoms with Crippen molar-refractivity contribution in [1.82, 2.24) is 0 Å². The van der Waals surface area contributed by atoms with Gasteiger partial charge in [-0.15, -0.1) is 11.8 Å². The molecular weight excluding hydrogens is 556 g/mol. The van der Waals surface area contributed by atoms with Gasteiger partial charge in [0.1, 0.15) is 11.4 Å². The second-order valence-electron chi connectivity index (χ2n) is 8.35. The van der Waals surface area contributed by atoms with Gasteiger partial charge in [-0.25, -0.2) is 4.79 Å². The van der Waals surface area contributed by atoms with Crippen molar-refractivity contribution in [2.75, 3.05) is 6.26 Å². The molecule has 0 N–H and O–H groups in total. The van der Waals surface area contributed by atoms with E-state index in [-0.39, 0.29) is 5.78 Å². The Labute approximate surface area is 211 Å². The van der Waals surface area contributed by atoms with Crippen molar-refractivity contribution in [1.29, 1.82) is 0 Å². The first kappa shape index (κ1) is 26.7. The second kappa shape index (κ2) is 11.0. The quantitative estimate of drug-likeness (QED) is 0.131. The van der Waals surface area contributed by atoms with Crippen molar-refractivity contribution in [3.8, 4) is 5.75 Å². The number of rotatable bonds is 9. The van der Waals surface area contributed by atoms with Crippen LogP contribution in [0.25, 0.3) is 6.08 Å². The molecule has 0 atom stereocenters. The lowest BCUT2D eigenvalue weighted by atomic mass is 10.1. The fraction of sp³-hybridized carbons (Fsp3) is 0.360. The van der Waals surface area contributed by atoms with Crippen LogP contribution < -0.4 is 4.74 Å². The SMILES string of the molecule is CCC(C)(C)OC(=O)C(C)(C)Oc1c(Br)cc(/C=C/C(=O)c2ccc(SC)cc2)cc1Br. The molecule has 2 rings (SSSR count). The standard InChI is InChI=1S/C25H28Br2O4S/c1-7-24(2,3)31-23(29)25(4,5)30-22-19(26)14-16(15-20(22)27)8-13-21(28)17-9-11-18(32-6)12-10-17/h8-15H,7H2,1-6H3/b13-8+. The number of carbonyl (C=O) groups is 2.